The third-order valence-corrected chi connectivity index (χ3v) is 6.11. The maximum atomic E-state index is 12.4. The van der Waals surface area contributed by atoms with Crippen LogP contribution in [0.1, 0.15) is 37.7 Å². The van der Waals surface area contributed by atoms with Crippen LogP contribution in [0, 0.1) is 11.3 Å². The lowest BCUT2D eigenvalue weighted by Crippen LogP contribution is -2.49. The molecule has 0 radical (unpaired) electrons. The van der Waals surface area contributed by atoms with Crippen LogP contribution in [0.15, 0.2) is 48.5 Å². The number of hydrogen-bond acceptors (Lipinski definition) is 4. The minimum Gasteiger partial charge on any atom is -0.494 e. The van der Waals surface area contributed by atoms with Crippen molar-refractivity contribution in [3.05, 3.63) is 54.1 Å². The normalized spacial score (nSPS) is 18.7. The number of carbonyl (C=O) groups is 1. The Balaban J connectivity index is 1.20. The molecule has 6 heteroatoms. The number of likely N-dealkylation sites (tertiary alicyclic amines) is 2. The molecule has 2 aromatic carbocycles. The van der Waals surface area contributed by atoms with E-state index in [0.29, 0.717) is 12.2 Å². The van der Waals surface area contributed by atoms with Crippen molar-refractivity contribution in [1.82, 2.24) is 15.1 Å². The standard InChI is InChI=1S/C25H30N4O2/c26-19-20-6-8-21(9-7-20)22-10-12-23(13-11-22)31-18-4-17-28-16-3-5-24(28)27-25(30)29-14-1-2-15-29/h6-13,24H,1-5,14-18H2,(H,27,30). The Hall–Kier alpha value is -3.04. The summed E-state index contributed by atoms with van der Waals surface area (Å²) in [6, 6.07) is 17.9. The second-order valence-corrected chi connectivity index (χ2v) is 8.25. The van der Waals surface area contributed by atoms with Crippen molar-refractivity contribution in [2.45, 2.75) is 38.3 Å². The molecule has 2 fully saturated rings. The molecule has 0 bridgehead atoms. The van der Waals surface area contributed by atoms with Crippen LogP contribution >= 0.6 is 0 Å². The fraction of sp³-hybridized carbons (Fsp3) is 0.440. The Kier molecular flexibility index (Phi) is 7.06. The summed E-state index contributed by atoms with van der Waals surface area (Å²) in [6.45, 7) is 4.38. The van der Waals surface area contributed by atoms with Crippen LogP contribution in [0.4, 0.5) is 4.79 Å². The second kappa shape index (κ2) is 10.3. The summed E-state index contributed by atoms with van der Waals surface area (Å²) in [7, 11) is 0. The third kappa shape index (κ3) is 5.56. The van der Waals surface area contributed by atoms with Gasteiger partial charge in [-0.3, -0.25) is 4.90 Å². The van der Waals surface area contributed by atoms with E-state index in [1.807, 2.05) is 53.4 Å². The molecule has 4 rings (SSSR count). The molecule has 1 unspecified atom stereocenters. The Bertz CT molecular complexity index is 899. The highest BCUT2D eigenvalue weighted by molar-refractivity contribution is 5.74. The minimum absolute atomic E-state index is 0.0907. The fourth-order valence-corrected chi connectivity index (χ4v) is 4.35. The van der Waals surface area contributed by atoms with Crippen molar-refractivity contribution in [2.24, 2.45) is 0 Å². The van der Waals surface area contributed by atoms with Gasteiger partial charge in [-0.1, -0.05) is 24.3 Å². The van der Waals surface area contributed by atoms with E-state index in [4.69, 9.17) is 10.00 Å². The quantitative estimate of drug-likeness (QED) is 0.684. The average molecular weight is 419 g/mol. The van der Waals surface area contributed by atoms with Gasteiger partial charge in [0.05, 0.1) is 24.4 Å². The first kappa shape index (κ1) is 21.2. The number of amides is 2. The Morgan fingerprint density at radius 1 is 1.00 bits per heavy atom. The van der Waals surface area contributed by atoms with Crippen LogP contribution in [0.5, 0.6) is 5.75 Å². The van der Waals surface area contributed by atoms with Gasteiger partial charge in [0.25, 0.3) is 0 Å². The molecule has 2 aliphatic heterocycles. The maximum Gasteiger partial charge on any atom is 0.318 e. The van der Waals surface area contributed by atoms with E-state index in [9.17, 15) is 4.79 Å². The van der Waals surface area contributed by atoms with Gasteiger partial charge in [-0.05, 0) is 67.5 Å². The smallest absolute Gasteiger partial charge is 0.318 e. The number of carbonyl (C=O) groups excluding carboxylic acids is 1. The van der Waals surface area contributed by atoms with E-state index in [2.05, 4.69) is 16.3 Å². The molecule has 2 saturated heterocycles. The maximum absolute atomic E-state index is 12.4. The first-order valence-electron chi connectivity index (χ1n) is 11.3. The van der Waals surface area contributed by atoms with E-state index in [0.717, 1.165) is 75.2 Å². The molecule has 0 aliphatic carbocycles. The van der Waals surface area contributed by atoms with Crippen molar-refractivity contribution < 1.29 is 9.53 Å². The highest BCUT2D eigenvalue weighted by Crippen LogP contribution is 2.23. The van der Waals surface area contributed by atoms with Gasteiger partial charge >= 0.3 is 6.03 Å². The minimum atomic E-state index is 0.0907. The van der Waals surface area contributed by atoms with Gasteiger partial charge in [-0.2, -0.15) is 5.26 Å². The summed E-state index contributed by atoms with van der Waals surface area (Å²) in [4.78, 5) is 16.7. The summed E-state index contributed by atoms with van der Waals surface area (Å²) in [5.74, 6) is 0.859. The van der Waals surface area contributed by atoms with Gasteiger partial charge in [-0.15, -0.1) is 0 Å². The van der Waals surface area contributed by atoms with Gasteiger partial charge in [0.1, 0.15) is 5.75 Å². The summed E-state index contributed by atoms with van der Waals surface area (Å²) < 4.78 is 5.93. The molecule has 2 aliphatic rings. The fourth-order valence-electron chi connectivity index (χ4n) is 4.35. The highest BCUT2D eigenvalue weighted by atomic mass is 16.5. The molecular formula is C25H30N4O2. The van der Waals surface area contributed by atoms with Crippen molar-refractivity contribution in [2.75, 3.05) is 32.8 Å². The molecule has 6 nitrogen and oxygen atoms in total. The van der Waals surface area contributed by atoms with Gasteiger partial charge < -0.3 is 15.0 Å². The zero-order chi connectivity index (χ0) is 21.5. The number of hydrogen-bond donors (Lipinski definition) is 1. The Morgan fingerprint density at radius 2 is 1.68 bits per heavy atom. The monoisotopic (exact) mass is 418 g/mol. The molecule has 0 spiro atoms. The molecule has 2 amide bonds. The number of ether oxygens (including phenoxy) is 1. The molecule has 2 heterocycles. The largest absolute Gasteiger partial charge is 0.494 e. The van der Waals surface area contributed by atoms with Crippen molar-refractivity contribution in [3.63, 3.8) is 0 Å². The van der Waals surface area contributed by atoms with E-state index in [1.54, 1.807) is 0 Å². The molecule has 2 aromatic rings. The van der Waals surface area contributed by atoms with Crippen LogP contribution < -0.4 is 10.1 Å². The summed E-state index contributed by atoms with van der Waals surface area (Å²) in [6.07, 6.45) is 5.47. The average Bonchev–Trinajstić information content (AvgIpc) is 3.50. The number of urea groups is 1. The predicted molar refractivity (Wildman–Crippen MR) is 121 cm³/mol. The van der Waals surface area contributed by atoms with Crippen LogP contribution in [0.3, 0.4) is 0 Å². The summed E-state index contributed by atoms with van der Waals surface area (Å²) in [5.41, 5.74) is 2.85. The van der Waals surface area contributed by atoms with Crippen molar-refractivity contribution in [1.29, 1.82) is 5.26 Å². The van der Waals surface area contributed by atoms with Gasteiger partial charge in [0.15, 0.2) is 0 Å². The van der Waals surface area contributed by atoms with E-state index < -0.39 is 0 Å². The van der Waals surface area contributed by atoms with E-state index in [-0.39, 0.29) is 12.2 Å². The molecule has 1 N–H and O–H groups in total. The summed E-state index contributed by atoms with van der Waals surface area (Å²) in [5, 5.41) is 12.1. The zero-order valence-electron chi connectivity index (χ0n) is 17.9. The predicted octanol–water partition coefficient (Wildman–Crippen LogP) is 4.22. The first-order valence-corrected chi connectivity index (χ1v) is 11.3. The SMILES string of the molecule is N#Cc1ccc(-c2ccc(OCCCN3CCCC3NC(=O)N3CCCC3)cc2)cc1. The van der Waals surface area contributed by atoms with Gasteiger partial charge in [-0.25, -0.2) is 4.79 Å². The lowest BCUT2D eigenvalue weighted by Gasteiger charge is -2.27. The zero-order valence-corrected chi connectivity index (χ0v) is 17.9. The Labute approximate surface area is 184 Å². The Morgan fingerprint density at radius 3 is 2.35 bits per heavy atom. The van der Waals surface area contributed by atoms with Crippen LogP contribution in [0.2, 0.25) is 0 Å². The van der Waals surface area contributed by atoms with Crippen LogP contribution in [-0.2, 0) is 0 Å². The number of nitrogens with zero attached hydrogens (tertiary/aromatic N) is 3. The number of rotatable bonds is 7. The van der Waals surface area contributed by atoms with Gasteiger partial charge in [0, 0.05) is 26.2 Å². The number of nitrogens with one attached hydrogen (secondary N) is 1. The molecule has 0 aromatic heterocycles. The van der Waals surface area contributed by atoms with Crippen LogP contribution in [0.25, 0.3) is 11.1 Å². The topological polar surface area (TPSA) is 68.6 Å². The molecule has 31 heavy (non-hydrogen) atoms. The highest BCUT2D eigenvalue weighted by Gasteiger charge is 2.28. The number of benzene rings is 2. The van der Waals surface area contributed by atoms with E-state index in [1.165, 1.54) is 0 Å². The van der Waals surface area contributed by atoms with Gasteiger partial charge in [0.2, 0.25) is 0 Å². The van der Waals surface area contributed by atoms with Crippen molar-refractivity contribution >= 4 is 6.03 Å². The lowest BCUT2D eigenvalue weighted by molar-refractivity contribution is 0.170. The molecular weight excluding hydrogens is 388 g/mol. The number of nitriles is 1. The lowest BCUT2D eigenvalue weighted by atomic mass is 10.0. The second-order valence-electron chi connectivity index (χ2n) is 8.25. The third-order valence-electron chi connectivity index (χ3n) is 6.11. The molecule has 162 valence electrons. The molecule has 1 atom stereocenters. The van der Waals surface area contributed by atoms with Crippen LogP contribution in [-0.4, -0.2) is 54.8 Å². The van der Waals surface area contributed by atoms with Crippen molar-refractivity contribution in [3.8, 4) is 22.9 Å². The first-order chi connectivity index (χ1) is 15.2. The molecule has 0 saturated carbocycles. The van der Waals surface area contributed by atoms with E-state index >= 15 is 0 Å². The summed E-state index contributed by atoms with van der Waals surface area (Å²) >= 11 is 0.